The predicted molar refractivity (Wildman–Crippen MR) is 81.3 cm³/mol. The lowest BCUT2D eigenvalue weighted by molar-refractivity contribution is 1.28. The van der Waals surface area contributed by atoms with Gasteiger partial charge in [0.1, 0.15) is 0 Å². The highest BCUT2D eigenvalue weighted by Gasteiger charge is 2.08. The summed E-state index contributed by atoms with van der Waals surface area (Å²) >= 11 is 0. The van der Waals surface area contributed by atoms with Gasteiger partial charge in [0.2, 0.25) is 0 Å². The first-order valence-corrected chi connectivity index (χ1v) is 5.57. The molecule has 18 heavy (non-hydrogen) atoms. The summed E-state index contributed by atoms with van der Waals surface area (Å²) in [7, 11) is 0. The van der Waals surface area contributed by atoms with Gasteiger partial charge in [0, 0.05) is 22.5 Å². The molecule has 2 aromatic carbocycles. The lowest BCUT2D eigenvalue weighted by Gasteiger charge is -2.11. The highest BCUT2D eigenvalue weighted by molar-refractivity contribution is 5.85. The van der Waals surface area contributed by atoms with Crippen LogP contribution >= 0.6 is 0 Å². The Morgan fingerprint density at radius 1 is 0.944 bits per heavy atom. The van der Waals surface area contributed by atoms with Crippen molar-refractivity contribution in [1.82, 2.24) is 0 Å². The summed E-state index contributed by atoms with van der Waals surface area (Å²) in [6.07, 6.45) is 2.62. The van der Waals surface area contributed by atoms with E-state index in [1.807, 2.05) is 48.5 Å². The third-order valence-electron chi connectivity index (χ3n) is 2.81. The van der Waals surface area contributed by atoms with E-state index in [1.165, 1.54) is 0 Å². The number of rotatable bonds is 3. The van der Waals surface area contributed by atoms with E-state index in [4.69, 9.17) is 11.5 Å². The van der Waals surface area contributed by atoms with Crippen LogP contribution in [0.1, 0.15) is 13.0 Å². The van der Waals surface area contributed by atoms with Gasteiger partial charge in [0.25, 0.3) is 0 Å². The Labute approximate surface area is 109 Å². The molecule has 2 aromatic rings. The van der Waals surface area contributed by atoms with Crippen molar-refractivity contribution in [2.75, 3.05) is 11.5 Å². The van der Waals surface area contributed by atoms with Crippen LogP contribution in [0.4, 0.5) is 11.4 Å². The summed E-state index contributed by atoms with van der Waals surface area (Å²) < 4.78 is 0. The van der Waals surface area contributed by atoms with Crippen molar-refractivity contribution in [3.8, 4) is 11.1 Å². The van der Waals surface area contributed by atoms with Crippen molar-refractivity contribution in [2.45, 2.75) is 13.8 Å². The Morgan fingerprint density at radius 2 is 1.61 bits per heavy atom. The van der Waals surface area contributed by atoms with Crippen molar-refractivity contribution in [1.29, 1.82) is 0 Å². The van der Waals surface area contributed by atoms with Crippen molar-refractivity contribution in [2.24, 2.45) is 0 Å². The van der Waals surface area contributed by atoms with Crippen molar-refractivity contribution < 1.29 is 0 Å². The molecule has 0 fully saturated rings. The van der Waals surface area contributed by atoms with Gasteiger partial charge < -0.3 is 11.5 Å². The average molecular weight is 240 g/mol. The SMILES string of the molecule is C.C=CCc1cccc(-c2ccccc2N)c1N. The van der Waals surface area contributed by atoms with Gasteiger partial charge >= 0.3 is 0 Å². The van der Waals surface area contributed by atoms with E-state index in [-0.39, 0.29) is 7.43 Å². The first kappa shape index (κ1) is 13.8. The van der Waals surface area contributed by atoms with Crippen molar-refractivity contribution in [3.63, 3.8) is 0 Å². The second kappa shape index (κ2) is 5.92. The Balaban J connectivity index is 0.00000162. The molecule has 2 nitrogen and oxygen atoms in total. The van der Waals surface area contributed by atoms with Crippen LogP contribution in [0.25, 0.3) is 11.1 Å². The second-order valence-corrected chi connectivity index (χ2v) is 3.96. The largest absolute Gasteiger partial charge is 0.398 e. The fraction of sp³-hybridized carbons (Fsp3) is 0.125. The Hall–Kier alpha value is -2.22. The molecule has 94 valence electrons. The molecule has 0 atom stereocenters. The van der Waals surface area contributed by atoms with Crippen LogP contribution in [0.3, 0.4) is 0 Å². The molecule has 4 N–H and O–H groups in total. The first-order valence-electron chi connectivity index (χ1n) is 5.57. The van der Waals surface area contributed by atoms with Gasteiger partial charge in [0.05, 0.1) is 0 Å². The van der Waals surface area contributed by atoms with Crippen molar-refractivity contribution >= 4 is 11.4 Å². The van der Waals surface area contributed by atoms with E-state index in [1.54, 1.807) is 0 Å². The highest BCUT2D eigenvalue weighted by atomic mass is 14.6. The van der Waals surface area contributed by atoms with Crippen LogP contribution in [0.5, 0.6) is 0 Å². The summed E-state index contributed by atoms with van der Waals surface area (Å²) in [4.78, 5) is 0. The van der Waals surface area contributed by atoms with Gasteiger partial charge in [-0.2, -0.15) is 0 Å². The molecule has 0 aliphatic heterocycles. The summed E-state index contributed by atoms with van der Waals surface area (Å²) in [5.41, 5.74) is 16.7. The molecular formula is C16H20N2. The number of anilines is 2. The summed E-state index contributed by atoms with van der Waals surface area (Å²) in [6.45, 7) is 3.74. The Morgan fingerprint density at radius 3 is 2.28 bits per heavy atom. The molecule has 0 aromatic heterocycles. The van der Waals surface area contributed by atoms with Gasteiger partial charge in [0.15, 0.2) is 0 Å². The number of hydrogen-bond acceptors (Lipinski definition) is 2. The first-order chi connectivity index (χ1) is 8.24. The summed E-state index contributed by atoms with van der Waals surface area (Å²) in [6, 6.07) is 13.8. The molecule has 0 saturated carbocycles. The second-order valence-electron chi connectivity index (χ2n) is 3.96. The number of hydrogen-bond donors (Lipinski definition) is 2. The summed E-state index contributed by atoms with van der Waals surface area (Å²) in [5, 5.41) is 0. The molecule has 2 heteroatoms. The maximum atomic E-state index is 6.17. The molecule has 0 saturated heterocycles. The number of benzene rings is 2. The summed E-state index contributed by atoms with van der Waals surface area (Å²) in [5.74, 6) is 0. The fourth-order valence-corrected chi connectivity index (χ4v) is 1.92. The highest BCUT2D eigenvalue weighted by Crippen LogP contribution is 2.32. The number of nitrogen functional groups attached to an aromatic ring is 2. The zero-order valence-electron chi connectivity index (χ0n) is 9.69. The zero-order chi connectivity index (χ0) is 12.3. The van der Waals surface area contributed by atoms with Crippen LogP contribution in [-0.2, 0) is 6.42 Å². The lowest BCUT2D eigenvalue weighted by atomic mass is 9.98. The fourth-order valence-electron chi connectivity index (χ4n) is 1.92. The standard InChI is InChI=1S/C15H16N2.CH4/c1-2-6-11-7-5-9-13(15(11)17)12-8-3-4-10-14(12)16;/h2-5,7-10H,1,6,16-17H2;1H4. The quantitative estimate of drug-likeness (QED) is 0.632. The molecule has 0 heterocycles. The van der Waals surface area contributed by atoms with E-state index in [9.17, 15) is 0 Å². The van der Waals surface area contributed by atoms with Crippen LogP contribution in [0.2, 0.25) is 0 Å². The minimum absolute atomic E-state index is 0. The monoisotopic (exact) mass is 240 g/mol. The van der Waals surface area contributed by atoms with E-state index in [2.05, 4.69) is 6.58 Å². The maximum Gasteiger partial charge on any atom is 0.0430 e. The van der Waals surface area contributed by atoms with Gasteiger partial charge in [-0.05, 0) is 18.1 Å². The molecule has 0 aliphatic rings. The topological polar surface area (TPSA) is 52.0 Å². The predicted octanol–water partition coefficient (Wildman–Crippen LogP) is 3.88. The minimum atomic E-state index is 0. The van der Waals surface area contributed by atoms with Gasteiger partial charge in [-0.3, -0.25) is 0 Å². The van der Waals surface area contributed by atoms with E-state index >= 15 is 0 Å². The third-order valence-corrected chi connectivity index (χ3v) is 2.81. The molecule has 0 spiro atoms. The Kier molecular flexibility index (Phi) is 4.55. The van der Waals surface area contributed by atoms with Gasteiger partial charge in [-0.15, -0.1) is 6.58 Å². The smallest absolute Gasteiger partial charge is 0.0430 e. The number of nitrogens with two attached hydrogens (primary N) is 2. The maximum absolute atomic E-state index is 6.17. The van der Waals surface area contributed by atoms with Crippen molar-refractivity contribution in [3.05, 3.63) is 60.7 Å². The Bertz CT molecular complexity index is 545. The van der Waals surface area contributed by atoms with Gasteiger partial charge in [-0.1, -0.05) is 49.9 Å². The molecule has 0 amide bonds. The third kappa shape index (κ3) is 2.54. The van der Waals surface area contributed by atoms with E-state index in [0.717, 1.165) is 34.5 Å². The van der Waals surface area contributed by atoms with E-state index in [0.29, 0.717) is 0 Å². The number of allylic oxidation sites excluding steroid dienone is 1. The minimum Gasteiger partial charge on any atom is -0.398 e. The van der Waals surface area contributed by atoms with E-state index < -0.39 is 0 Å². The molecule has 2 rings (SSSR count). The lowest BCUT2D eigenvalue weighted by Crippen LogP contribution is -1.98. The van der Waals surface area contributed by atoms with Crippen LogP contribution < -0.4 is 11.5 Å². The van der Waals surface area contributed by atoms with Crippen LogP contribution in [-0.4, -0.2) is 0 Å². The molecule has 0 radical (unpaired) electrons. The molecule has 0 bridgehead atoms. The van der Waals surface area contributed by atoms with Crippen LogP contribution in [0.15, 0.2) is 55.1 Å². The number of para-hydroxylation sites is 2. The van der Waals surface area contributed by atoms with Gasteiger partial charge in [-0.25, -0.2) is 0 Å². The molecule has 0 aliphatic carbocycles. The van der Waals surface area contributed by atoms with Crippen LogP contribution in [0, 0.1) is 0 Å². The zero-order valence-corrected chi connectivity index (χ0v) is 9.69. The normalized spacial score (nSPS) is 9.56. The molecular weight excluding hydrogens is 220 g/mol. The average Bonchev–Trinajstić information content (AvgIpc) is 2.33. The molecule has 0 unspecified atom stereocenters.